The number of hydrogen-bond donors (Lipinski definition) is 5. The van der Waals surface area contributed by atoms with Crippen molar-refractivity contribution >= 4 is 103 Å². The molecule has 0 heterocycles. The first-order chi connectivity index (χ1) is 67.4. The van der Waals surface area contributed by atoms with Crippen LogP contribution in [0.1, 0.15) is 125 Å². The Labute approximate surface area is 829 Å². The van der Waals surface area contributed by atoms with Crippen LogP contribution in [0.2, 0.25) is 10.0 Å². The van der Waals surface area contributed by atoms with Crippen LogP contribution in [0.25, 0.3) is 0 Å². The Bertz CT molecular complexity index is 7030. The van der Waals surface area contributed by atoms with E-state index < -0.39 is 85.8 Å². The average Bonchev–Trinajstić information content (AvgIpc) is 0.827. The van der Waals surface area contributed by atoms with E-state index in [0.717, 1.165) is 56.5 Å². The Balaban J connectivity index is 0.000000168. The molecule has 141 heavy (non-hydrogen) atoms. The summed E-state index contributed by atoms with van der Waals surface area (Å²) in [5.41, 5.74) is 10.3. The first kappa shape index (κ1) is 107. The number of benzene rings is 15. The minimum absolute atomic E-state index is 0.00121. The van der Waals surface area contributed by atoms with Crippen molar-refractivity contribution in [3.8, 4) is 0 Å². The Morgan fingerprint density at radius 2 is 0.461 bits per heavy atom. The third kappa shape index (κ3) is 30.9. The van der Waals surface area contributed by atoms with E-state index in [2.05, 4.69) is 6.92 Å². The summed E-state index contributed by atoms with van der Waals surface area (Å²) in [5, 5.41) is 46.2. The molecule has 0 unspecified atom stereocenters. The number of hydrogen-bond acceptors (Lipinski definition) is 15. The highest BCUT2D eigenvalue weighted by molar-refractivity contribution is 7.90. The molecule has 0 aliphatic rings. The fourth-order valence-corrected chi connectivity index (χ4v) is 21.7. The monoisotopic (exact) mass is 2030 g/mol. The molecule has 0 aliphatic carbocycles. The van der Waals surface area contributed by atoms with Crippen molar-refractivity contribution in [2.45, 2.75) is 110 Å². The number of carbonyl (C=O) groups is 5. The number of nitrogens with zero attached hydrogens (tertiary/aromatic N) is 5. The van der Waals surface area contributed by atoms with Crippen molar-refractivity contribution in [3.05, 3.63) is 505 Å². The molecule has 726 valence electrons. The number of carboxylic acid groups (broad SMARTS) is 5. The molecular formula is C108H98Cl2FN5O20S5. The van der Waals surface area contributed by atoms with Gasteiger partial charge in [-0.05, 0) is 232 Å². The summed E-state index contributed by atoms with van der Waals surface area (Å²) in [6.07, 6.45) is 0.919. The topological polar surface area (TPSA) is 373 Å². The van der Waals surface area contributed by atoms with E-state index in [-0.39, 0.29) is 118 Å². The molecule has 0 atom stereocenters. The standard InChI is InChI=1S/C23H23NO4S.C22H21NO4S.2C21H18ClNO4S.C21H18FNO4S/c1-2-18-8-10-20(11-9-18)17-24(16-19-6-4-3-5-7-19)29(27,28)22-14-12-21(13-15-22)23(25)26;1-17-7-5-6-10-20(17)16-23(15-18-8-3-2-4-9-18)28(26,27)21-13-11-19(12-14-21)22(24)25;22-20-9-5-4-8-18(20)15-23(14-16-6-2-1-3-7-16)28(26,27)19-12-10-17(11-13-19)21(24)25;2*22-19-8-4-7-17(13-19)15-23(14-16-5-2-1-3-6-16)28(26,27)20-11-9-18(10-12-20)21(24)25/h3-15H,2,16-17H2,1H3,(H,25,26);2-14H,15-16H2,1H3,(H,24,25);3*1-13H,14-15H2,(H,24,25). The number of aryl methyl sites for hydroxylation is 2. The lowest BCUT2D eigenvalue weighted by molar-refractivity contribution is 0.0686. The second-order valence-electron chi connectivity index (χ2n) is 31.9. The van der Waals surface area contributed by atoms with Gasteiger partial charge in [0.2, 0.25) is 50.1 Å². The summed E-state index contributed by atoms with van der Waals surface area (Å²) in [4.78, 5) is 55.4. The molecule has 0 bridgehead atoms. The number of carboxylic acids is 5. The predicted octanol–water partition coefficient (Wildman–Crippen LogP) is 21.2. The predicted molar refractivity (Wildman–Crippen MR) is 538 cm³/mol. The second kappa shape index (κ2) is 50.5. The molecule has 0 amide bonds. The van der Waals surface area contributed by atoms with Gasteiger partial charge in [0.25, 0.3) is 0 Å². The van der Waals surface area contributed by atoms with Crippen LogP contribution in [0.5, 0.6) is 0 Å². The first-order valence-electron chi connectivity index (χ1n) is 43.6. The molecule has 0 fully saturated rings. The first-order valence-corrected chi connectivity index (χ1v) is 51.5. The fourth-order valence-electron chi connectivity index (χ4n) is 14.2. The molecule has 15 rings (SSSR count). The highest BCUT2D eigenvalue weighted by atomic mass is 35.5. The van der Waals surface area contributed by atoms with Gasteiger partial charge in [-0.3, -0.25) is 0 Å². The van der Waals surface area contributed by atoms with E-state index >= 15 is 0 Å². The van der Waals surface area contributed by atoms with Gasteiger partial charge < -0.3 is 25.5 Å². The van der Waals surface area contributed by atoms with Crippen LogP contribution in [0, 0.1) is 12.7 Å². The third-order valence-electron chi connectivity index (χ3n) is 21.9. The molecule has 5 N–H and O–H groups in total. The summed E-state index contributed by atoms with van der Waals surface area (Å²) in [5.74, 6) is -5.98. The van der Waals surface area contributed by atoms with Gasteiger partial charge in [0.1, 0.15) is 5.82 Å². The maximum Gasteiger partial charge on any atom is 0.335 e. The van der Waals surface area contributed by atoms with Crippen LogP contribution < -0.4 is 0 Å². The largest absolute Gasteiger partial charge is 0.478 e. The van der Waals surface area contributed by atoms with E-state index in [1.54, 1.807) is 48.5 Å². The van der Waals surface area contributed by atoms with Gasteiger partial charge in [-0.1, -0.05) is 273 Å². The van der Waals surface area contributed by atoms with E-state index in [0.29, 0.717) is 21.2 Å². The van der Waals surface area contributed by atoms with Crippen molar-refractivity contribution < 1.29 is 96.0 Å². The molecular weight excluding hydrogens is 1940 g/mol. The molecule has 0 spiro atoms. The van der Waals surface area contributed by atoms with E-state index in [9.17, 15) is 70.5 Å². The minimum atomic E-state index is -3.93. The number of aromatic carboxylic acids is 5. The Hall–Kier alpha value is -14.3. The smallest absolute Gasteiger partial charge is 0.335 e. The van der Waals surface area contributed by atoms with Crippen LogP contribution in [0.15, 0.2) is 419 Å². The van der Waals surface area contributed by atoms with Crippen molar-refractivity contribution in [3.63, 3.8) is 0 Å². The maximum absolute atomic E-state index is 13.6. The summed E-state index contributed by atoms with van der Waals surface area (Å²) in [6.45, 7) is 5.56. The van der Waals surface area contributed by atoms with Crippen LogP contribution >= 0.6 is 23.2 Å². The molecule has 0 aliphatic heterocycles. The van der Waals surface area contributed by atoms with Gasteiger partial charge in [-0.15, -0.1) is 0 Å². The zero-order chi connectivity index (χ0) is 101. The van der Waals surface area contributed by atoms with Gasteiger partial charge in [0, 0.05) is 75.5 Å². The number of rotatable bonds is 36. The highest BCUT2D eigenvalue weighted by Gasteiger charge is 2.32. The Kier molecular flexibility index (Phi) is 38.4. The van der Waals surface area contributed by atoms with E-state index in [1.165, 1.54) is 167 Å². The summed E-state index contributed by atoms with van der Waals surface area (Å²) in [6, 6.07) is 108. The van der Waals surface area contributed by atoms with Gasteiger partial charge >= 0.3 is 29.8 Å². The van der Waals surface area contributed by atoms with Gasteiger partial charge in [0.05, 0.1) is 52.3 Å². The molecule has 15 aromatic rings. The minimum Gasteiger partial charge on any atom is -0.478 e. The molecule has 33 heteroatoms. The molecule has 0 saturated heterocycles. The Morgan fingerprint density at radius 3 is 0.723 bits per heavy atom. The van der Waals surface area contributed by atoms with E-state index in [4.69, 9.17) is 48.7 Å². The Morgan fingerprint density at radius 1 is 0.241 bits per heavy atom. The van der Waals surface area contributed by atoms with Crippen molar-refractivity contribution in [1.29, 1.82) is 0 Å². The van der Waals surface area contributed by atoms with Crippen LogP contribution in [0.3, 0.4) is 0 Å². The quantitative estimate of drug-likeness (QED) is 0.0243. The number of sulfonamides is 5. The van der Waals surface area contributed by atoms with Crippen LogP contribution in [-0.4, -0.2) is 119 Å². The van der Waals surface area contributed by atoms with Gasteiger partial charge in [0.15, 0.2) is 0 Å². The van der Waals surface area contributed by atoms with Crippen molar-refractivity contribution in [2.24, 2.45) is 0 Å². The van der Waals surface area contributed by atoms with Gasteiger partial charge in [-0.25, -0.2) is 70.5 Å². The lowest BCUT2D eigenvalue weighted by Gasteiger charge is -2.23. The summed E-state index contributed by atoms with van der Waals surface area (Å²) >= 11 is 12.3. The fraction of sp³-hybridized carbons (Fsp3) is 0.120. The average molecular weight is 2040 g/mol. The highest BCUT2D eigenvalue weighted by Crippen LogP contribution is 2.31. The molecule has 0 radical (unpaired) electrons. The van der Waals surface area contributed by atoms with Crippen molar-refractivity contribution in [1.82, 2.24) is 21.5 Å². The molecule has 0 saturated carbocycles. The number of halogens is 3. The zero-order valence-corrected chi connectivity index (χ0v) is 81.7. The SMILES string of the molecule is CCc1ccc(CN(Cc2ccccc2)S(=O)(=O)c2ccc(C(=O)O)cc2)cc1.Cc1ccccc1CN(Cc1ccccc1)S(=O)(=O)c1ccc(C(=O)O)cc1.O=C(O)c1ccc(S(=O)(=O)N(Cc2ccccc2)Cc2cccc(Cl)c2)cc1.O=C(O)c1ccc(S(=O)(=O)N(Cc2ccccc2)Cc2cccc(F)c2)cc1.O=C(O)c1ccc(S(=O)(=O)N(Cc2ccccc2)Cc2ccccc2Cl)cc1. The summed E-state index contributed by atoms with van der Waals surface area (Å²) < 4.78 is 153. The van der Waals surface area contributed by atoms with Crippen LogP contribution in [-0.2, 0) is 122 Å². The molecule has 15 aromatic carbocycles. The molecule has 0 aromatic heterocycles. The van der Waals surface area contributed by atoms with Crippen molar-refractivity contribution in [2.75, 3.05) is 0 Å². The lowest BCUT2D eigenvalue weighted by atomic mass is 10.1. The van der Waals surface area contributed by atoms with Gasteiger partial charge in [-0.2, -0.15) is 21.5 Å². The van der Waals surface area contributed by atoms with E-state index in [1.807, 2.05) is 213 Å². The maximum atomic E-state index is 13.6. The molecule has 25 nitrogen and oxygen atoms in total. The normalized spacial score (nSPS) is 11.5. The summed E-state index contributed by atoms with van der Waals surface area (Å²) in [7, 11) is -19.3. The third-order valence-corrected chi connectivity index (χ3v) is 31.5. The van der Waals surface area contributed by atoms with Crippen LogP contribution in [0.4, 0.5) is 4.39 Å². The zero-order valence-electron chi connectivity index (χ0n) is 76.1. The lowest BCUT2D eigenvalue weighted by Crippen LogP contribution is -2.30. The second-order valence-corrected chi connectivity index (χ2v) is 42.4.